The second-order valence-corrected chi connectivity index (χ2v) is 12.6. The standard InChI is InChI=1S/C35H42N6O5S/c1-41-23-37-40-35(41)47-22-28-20-31(25-14-12-24(21-42)13-15-25)46-34(45-28)26-16-18-27(19-17-26)38-32(43)10-4-2-3-5-11-33(44)39-30-9-7-6-8-29(30)36/h6-9,12-19,23,28,31,34,42H,2-5,10-11,20-22,36H2,1H3,(H,38,43)(H,39,44). The molecule has 1 aromatic heterocycles. The lowest BCUT2D eigenvalue weighted by Crippen LogP contribution is -2.31. The zero-order valence-electron chi connectivity index (χ0n) is 26.5. The van der Waals surface area contributed by atoms with Gasteiger partial charge in [-0.05, 0) is 48.2 Å². The largest absolute Gasteiger partial charge is 0.397 e. The molecule has 0 saturated carbocycles. The van der Waals surface area contributed by atoms with Gasteiger partial charge in [0.25, 0.3) is 0 Å². The molecule has 0 radical (unpaired) electrons. The van der Waals surface area contributed by atoms with Crippen LogP contribution < -0.4 is 16.4 Å². The molecule has 12 heteroatoms. The molecule has 5 N–H and O–H groups in total. The Kier molecular flexibility index (Phi) is 12.4. The molecule has 248 valence electrons. The molecule has 1 aliphatic rings. The summed E-state index contributed by atoms with van der Waals surface area (Å²) in [7, 11) is 1.91. The van der Waals surface area contributed by atoms with Crippen LogP contribution in [0.15, 0.2) is 84.3 Å². The molecular weight excluding hydrogens is 616 g/mol. The topological polar surface area (TPSA) is 154 Å². The predicted octanol–water partition coefficient (Wildman–Crippen LogP) is 6.15. The van der Waals surface area contributed by atoms with Crippen LogP contribution in [-0.2, 0) is 32.7 Å². The average molecular weight is 659 g/mol. The van der Waals surface area contributed by atoms with E-state index in [2.05, 4.69) is 20.8 Å². The quantitative estimate of drug-likeness (QED) is 0.0670. The molecule has 3 atom stereocenters. The number of aryl methyl sites for hydroxylation is 1. The summed E-state index contributed by atoms with van der Waals surface area (Å²) in [5.74, 6) is 0.575. The fourth-order valence-electron chi connectivity index (χ4n) is 5.29. The third kappa shape index (κ3) is 10.1. The number of carbonyl (C=O) groups is 2. The maximum atomic E-state index is 12.6. The highest BCUT2D eigenvalue weighted by molar-refractivity contribution is 7.99. The van der Waals surface area contributed by atoms with Crippen LogP contribution in [0.3, 0.4) is 0 Å². The molecule has 3 aromatic carbocycles. The summed E-state index contributed by atoms with van der Waals surface area (Å²) in [5, 5.41) is 24.2. The van der Waals surface area contributed by atoms with E-state index in [0.29, 0.717) is 42.1 Å². The number of unbranched alkanes of at least 4 members (excludes halogenated alkanes) is 3. The summed E-state index contributed by atoms with van der Waals surface area (Å²) in [6.45, 7) is -0.0103. The van der Waals surface area contributed by atoms with E-state index in [9.17, 15) is 14.7 Å². The molecule has 47 heavy (non-hydrogen) atoms. The van der Waals surface area contributed by atoms with Gasteiger partial charge in [-0.15, -0.1) is 10.2 Å². The van der Waals surface area contributed by atoms with Crippen molar-refractivity contribution in [2.75, 3.05) is 22.1 Å². The molecule has 0 spiro atoms. The Labute approximate surface area is 279 Å². The number of aliphatic hydroxyl groups is 1. The SMILES string of the molecule is Cn1cnnc1SCC1CC(c2ccc(CO)cc2)OC(c2ccc(NC(=O)CCCCCCC(=O)Nc3ccccc3N)cc2)O1. The lowest BCUT2D eigenvalue weighted by molar-refractivity contribution is -0.245. The van der Waals surface area contributed by atoms with E-state index in [1.807, 2.05) is 72.3 Å². The van der Waals surface area contributed by atoms with Crippen LogP contribution in [0, 0.1) is 0 Å². The Balaban J connectivity index is 1.08. The van der Waals surface area contributed by atoms with Crippen LogP contribution in [0.4, 0.5) is 17.1 Å². The number of nitrogens with two attached hydrogens (primary N) is 1. The molecular formula is C35H42N6O5S. The Morgan fingerprint density at radius 2 is 1.60 bits per heavy atom. The first-order valence-corrected chi connectivity index (χ1v) is 16.9. The van der Waals surface area contributed by atoms with E-state index >= 15 is 0 Å². The van der Waals surface area contributed by atoms with Gasteiger partial charge in [0.1, 0.15) is 6.33 Å². The van der Waals surface area contributed by atoms with E-state index in [1.165, 1.54) is 0 Å². The number of hydrogen-bond acceptors (Lipinski definition) is 9. The van der Waals surface area contributed by atoms with E-state index in [-0.39, 0.29) is 30.6 Å². The maximum absolute atomic E-state index is 12.6. The Morgan fingerprint density at radius 1 is 0.915 bits per heavy atom. The molecule has 3 unspecified atom stereocenters. The Morgan fingerprint density at radius 3 is 2.26 bits per heavy atom. The number of benzene rings is 3. The number of aliphatic hydroxyl groups excluding tert-OH is 1. The number of nitrogen functional groups attached to an aromatic ring is 1. The predicted molar refractivity (Wildman–Crippen MR) is 182 cm³/mol. The minimum absolute atomic E-state index is 0.0103. The molecule has 11 nitrogen and oxygen atoms in total. The number of ether oxygens (including phenoxy) is 2. The van der Waals surface area contributed by atoms with Crippen molar-refractivity contribution in [2.45, 2.75) is 75.2 Å². The number of rotatable bonds is 15. The van der Waals surface area contributed by atoms with Gasteiger partial charge >= 0.3 is 0 Å². The summed E-state index contributed by atoms with van der Waals surface area (Å²) < 4.78 is 14.7. The number of anilines is 3. The van der Waals surface area contributed by atoms with Crippen molar-refractivity contribution in [1.29, 1.82) is 0 Å². The van der Waals surface area contributed by atoms with Gasteiger partial charge in [0.2, 0.25) is 11.8 Å². The molecule has 2 heterocycles. The monoisotopic (exact) mass is 658 g/mol. The summed E-state index contributed by atoms with van der Waals surface area (Å²) in [6, 6.07) is 22.6. The fraction of sp³-hybridized carbons (Fsp3) is 0.371. The normalized spacial score (nSPS) is 17.7. The van der Waals surface area contributed by atoms with Crippen molar-refractivity contribution in [1.82, 2.24) is 14.8 Å². The van der Waals surface area contributed by atoms with E-state index in [4.69, 9.17) is 15.2 Å². The number of aromatic nitrogens is 3. The van der Waals surface area contributed by atoms with Gasteiger partial charge in [-0.2, -0.15) is 0 Å². The second kappa shape index (κ2) is 17.1. The van der Waals surface area contributed by atoms with Crippen LogP contribution in [0.1, 0.15) is 74.0 Å². The highest BCUT2D eigenvalue weighted by Gasteiger charge is 2.32. The minimum atomic E-state index is -0.590. The molecule has 2 amide bonds. The van der Waals surface area contributed by atoms with Crippen molar-refractivity contribution < 1.29 is 24.2 Å². The first-order valence-electron chi connectivity index (χ1n) is 15.9. The van der Waals surface area contributed by atoms with Gasteiger partial charge < -0.3 is 35.5 Å². The van der Waals surface area contributed by atoms with E-state index < -0.39 is 6.29 Å². The first-order chi connectivity index (χ1) is 22.9. The summed E-state index contributed by atoms with van der Waals surface area (Å²) in [5.41, 5.74) is 10.5. The highest BCUT2D eigenvalue weighted by atomic mass is 32.2. The van der Waals surface area contributed by atoms with Crippen molar-refractivity contribution in [3.8, 4) is 0 Å². The lowest BCUT2D eigenvalue weighted by atomic mass is 10.0. The van der Waals surface area contributed by atoms with Gasteiger partial charge in [0.15, 0.2) is 11.4 Å². The van der Waals surface area contributed by atoms with E-state index in [1.54, 1.807) is 30.2 Å². The van der Waals surface area contributed by atoms with Crippen molar-refractivity contribution in [3.05, 3.63) is 95.8 Å². The van der Waals surface area contributed by atoms with Crippen molar-refractivity contribution >= 4 is 40.6 Å². The Bertz CT molecular complexity index is 1600. The van der Waals surface area contributed by atoms with Gasteiger partial charge in [-0.3, -0.25) is 9.59 Å². The van der Waals surface area contributed by atoms with Gasteiger partial charge in [-0.25, -0.2) is 0 Å². The molecule has 1 fully saturated rings. The van der Waals surface area contributed by atoms with Crippen LogP contribution in [0.2, 0.25) is 0 Å². The molecule has 4 aromatic rings. The fourth-order valence-corrected chi connectivity index (χ4v) is 6.19. The first kappa shape index (κ1) is 34.1. The number of nitrogens with zero attached hydrogens (tertiary/aromatic N) is 3. The average Bonchev–Trinajstić information content (AvgIpc) is 3.51. The zero-order valence-corrected chi connectivity index (χ0v) is 27.3. The van der Waals surface area contributed by atoms with Crippen LogP contribution in [0.5, 0.6) is 0 Å². The van der Waals surface area contributed by atoms with Gasteiger partial charge in [-0.1, -0.05) is 73.1 Å². The summed E-state index contributed by atoms with van der Waals surface area (Å²) in [4.78, 5) is 24.8. The Hall–Kier alpha value is -4.23. The van der Waals surface area contributed by atoms with Crippen LogP contribution in [-0.4, -0.2) is 43.5 Å². The number of amides is 2. The molecule has 1 aliphatic heterocycles. The maximum Gasteiger partial charge on any atom is 0.224 e. The number of carbonyl (C=O) groups excluding carboxylic acids is 2. The number of para-hydroxylation sites is 2. The van der Waals surface area contributed by atoms with Crippen LogP contribution >= 0.6 is 11.8 Å². The molecule has 0 aliphatic carbocycles. The number of thioether (sulfide) groups is 1. The molecule has 1 saturated heterocycles. The number of hydrogen-bond donors (Lipinski definition) is 4. The third-order valence-corrected chi connectivity index (χ3v) is 9.11. The lowest BCUT2D eigenvalue weighted by Gasteiger charge is -2.36. The van der Waals surface area contributed by atoms with Crippen LogP contribution in [0.25, 0.3) is 0 Å². The van der Waals surface area contributed by atoms with Crippen molar-refractivity contribution in [2.24, 2.45) is 7.05 Å². The smallest absolute Gasteiger partial charge is 0.224 e. The second-order valence-electron chi connectivity index (χ2n) is 11.6. The summed E-state index contributed by atoms with van der Waals surface area (Å²) in [6.07, 6.45) is 5.51. The molecule has 0 bridgehead atoms. The third-order valence-electron chi connectivity index (χ3n) is 7.94. The van der Waals surface area contributed by atoms with Crippen molar-refractivity contribution in [3.63, 3.8) is 0 Å². The van der Waals surface area contributed by atoms with E-state index in [0.717, 1.165) is 47.5 Å². The molecule has 5 rings (SSSR count). The van der Waals surface area contributed by atoms with Gasteiger partial charge in [0, 0.05) is 43.3 Å². The zero-order chi connectivity index (χ0) is 33.0. The van der Waals surface area contributed by atoms with Gasteiger partial charge in [0.05, 0.1) is 30.2 Å². The highest BCUT2D eigenvalue weighted by Crippen LogP contribution is 2.39. The number of nitrogens with one attached hydrogen (secondary N) is 2. The summed E-state index contributed by atoms with van der Waals surface area (Å²) >= 11 is 1.59. The minimum Gasteiger partial charge on any atom is -0.397 e.